The van der Waals surface area contributed by atoms with Crippen LogP contribution in [0, 0.1) is 11.3 Å². The van der Waals surface area contributed by atoms with E-state index in [1.165, 1.54) is 25.7 Å². The van der Waals surface area contributed by atoms with Gasteiger partial charge in [-0.25, -0.2) is 4.68 Å². The Morgan fingerprint density at radius 2 is 2.18 bits per heavy atom. The van der Waals surface area contributed by atoms with Gasteiger partial charge in [-0.15, -0.1) is 5.10 Å². The summed E-state index contributed by atoms with van der Waals surface area (Å²) < 4.78 is 2.01. The van der Waals surface area contributed by atoms with Gasteiger partial charge in [-0.05, 0) is 47.4 Å². The molecule has 1 aromatic rings. The minimum atomic E-state index is 0.471. The molecule has 5 heteroatoms. The smallest absolute Gasteiger partial charge is 0.165 e. The van der Waals surface area contributed by atoms with Gasteiger partial charge in [-0.2, -0.15) is 0 Å². The van der Waals surface area contributed by atoms with E-state index in [1.54, 1.807) is 0 Å². The molecule has 0 unspecified atom stereocenters. The number of rotatable bonds is 6. The number of hydrogen-bond donors (Lipinski definition) is 1. The molecule has 0 bridgehead atoms. The zero-order chi connectivity index (χ0) is 11.9. The third kappa shape index (κ3) is 2.34. The molecule has 17 heavy (non-hydrogen) atoms. The molecule has 0 saturated heterocycles. The van der Waals surface area contributed by atoms with E-state index in [4.69, 9.17) is 0 Å². The van der Waals surface area contributed by atoms with Crippen molar-refractivity contribution in [2.45, 2.75) is 58.7 Å². The van der Waals surface area contributed by atoms with Gasteiger partial charge in [0.25, 0.3) is 0 Å². The van der Waals surface area contributed by atoms with Gasteiger partial charge in [0.2, 0.25) is 0 Å². The molecule has 1 heterocycles. The van der Waals surface area contributed by atoms with Crippen molar-refractivity contribution in [3.63, 3.8) is 0 Å². The van der Waals surface area contributed by atoms with Crippen LogP contribution in [0.1, 0.15) is 45.4 Å². The molecule has 0 spiro atoms. The Morgan fingerprint density at radius 3 is 2.76 bits per heavy atom. The first-order valence-electron chi connectivity index (χ1n) is 6.68. The Bertz CT molecular complexity index is 389. The normalized spacial score (nSPS) is 22.1. The SMILES string of the molecule is CC(C)NCc1nnnn1CC1(C2CC2)CC1. The Morgan fingerprint density at radius 1 is 1.41 bits per heavy atom. The molecule has 0 radical (unpaired) electrons. The Balaban J connectivity index is 1.64. The first kappa shape index (κ1) is 11.1. The quantitative estimate of drug-likeness (QED) is 0.809. The van der Waals surface area contributed by atoms with Crippen molar-refractivity contribution in [3.8, 4) is 0 Å². The van der Waals surface area contributed by atoms with Crippen LogP contribution in [0.25, 0.3) is 0 Å². The molecule has 5 nitrogen and oxygen atoms in total. The van der Waals surface area contributed by atoms with Crippen LogP contribution < -0.4 is 5.32 Å². The van der Waals surface area contributed by atoms with E-state index in [2.05, 4.69) is 34.7 Å². The second-order valence-electron chi connectivity index (χ2n) is 5.93. The average Bonchev–Trinajstić information content (AvgIpc) is 3.15. The lowest BCUT2D eigenvalue weighted by molar-refractivity contribution is 0.337. The van der Waals surface area contributed by atoms with Gasteiger partial charge in [0, 0.05) is 6.04 Å². The van der Waals surface area contributed by atoms with Gasteiger partial charge in [-0.1, -0.05) is 13.8 Å². The topological polar surface area (TPSA) is 55.6 Å². The van der Waals surface area contributed by atoms with Crippen molar-refractivity contribution >= 4 is 0 Å². The second kappa shape index (κ2) is 4.05. The second-order valence-corrected chi connectivity index (χ2v) is 5.93. The molecule has 3 rings (SSSR count). The minimum absolute atomic E-state index is 0.471. The molecular weight excluding hydrogens is 214 g/mol. The summed E-state index contributed by atoms with van der Waals surface area (Å²) in [6, 6.07) is 0.471. The first-order valence-corrected chi connectivity index (χ1v) is 6.68. The van der Waals surface area contributed by atoms with E-state index in [0.717, 1.165) is 24.8 Å². The average molecular weight is 235 g/mol. The van der Waals surface area contributed by atoms with E-state index in [9.17, 15) is 0 Å². The molecule has 0 aliphatic heterocycles. The summed E-state index contributed by atoms with van der Waals surface area (Å²) >= 11 is 0. The van der Waals surface area contributed by atoms with Crippen molar-refractivity contribution in [1.82, 2.24) is 25.5 Å². The molecular formula is C12H21N5. The standard InChI is InChI=1S/C12H21N5/c1-9(2)13-7-11-14-15-16-17(11)8-12(5-6-12)10-3-4-10/h9-10,13H,3-8H2,1-2H3. The van der Waals surface area contributed by atoms with Crippen molar-refractivity contribution in [1.29, 1.82) is 0 Å². The van der Waals surface area contributed by atoms with Gasteiger partial charge in [0.05, 0.1) is 13.1 Å². The molecule has 2 saturated carbocycles. The summed E-state index contributed by atoms with van der Waals surface area (Å²) in [5.41, 5.74) is 0.558. The van der Waals surface area contributed by atoms with Crippen LogP contribution in [-0.2, 0) is 13.1 Å². The predicted molar refractivity (Wildman–Crippen MR) is 64.2 cm³/mol. The number of hydrogen-bond acceptors (Lipinski definition) is 4. The van der Waals surface area contributed by atoms with E-state index in [1.807, 2.05) is 4.68 Å². The number of tetrazole rings is 1. The minimum Gasteiger partial charge on any atom is -0.308 e. The largest absolute Gasteiger partial charge is 0.308 e. The molecule has 2 aliphatic carbocycles. The molecule has 2 aliphatic rings. The lowest BCUT2D eigenvalue weighted by Crippen LogP contribution is -2.25. The third-order valence-corrected chi connectivity index (χ3v) is 4.07. The maximum Gasteiger partial charge on any atom is 0.165 e. The summed E-state index contributed by atoms with van der Waals surface area (Å²) in [4.78, 5) is 0. The van der Waals surface area contributed by atoms with Crippen molar-refractivity contribution in [2.24, 2.45) is 11.3 Å². The summed E-state index contributed by atoms with van der Waals surface area (Å²) in [5, 5.41) is 15.5. The summed E-state index contributed by atoms with van der Waals surface area (Å²) in [6.07, 6.45) is 5.58. The summed E-state index contributed by atoms with van der Waals surface area (Å²) in [5.74, 6) is 1.93. The molecule has 0 aromatic carbocycles. The first-order chi connectivity index (χ1) is 8.20. The van der Waals surface area contributed by atoms with Crippen LogP contribution >= 0.6 is 0 Å². The van der Waals surface area contributed by atoms with Gasteiger partial charge in [-0.3, -0.25) is 0 Å². The van der Waals surface area contributed by atoms with Crippen LogP contribution in [-0.4, -0.2) is 26.2 Å². The van der Waals surface area contributed by atoms with Crippen LogP contribution in [0.15, 0.2) is 0 Å². The Labute approximate surface area is 102 Å². The lowest BCUT2D eigenvalue weighted by Gasteiger charge is -2.15. The lowest BCUT2D eigenvalue weighted by atomic mass is 10.0. The fourth-order valence-corrected chi connectivity index (χ4v) is 2.62. The van der Waals surface area contributed by atoms with Crippen LogP contribution in [0.4, 0.5) is 0 Å². The van der Waals surface area contributed by atoms with E-state index >= 15 is 0 Å². The summed E-state index contributed by atoms with van der Waals surface area (Å²) in [6.45, 7) is 6.08. The van der Waals surface area contributed by atoms with E-state index in [0.29, 0.717) is 11.5 Å². The van der Waals surface area contributed by atoms with Crippen LogP contribution in [0.3, 0.4) is 0 Å². The Kier molecular flexibility index (Phi) is 2.65. The zero-order valence-electron chi connectivity index (χ0n) is 10.7. The number of nitrogens with zero attached hydrogens (tertiary/aromatic N) is 4. The van der Waals surface area contributed by atoms with Crippen molar-refractivity contribution in [2.75, 3.05) is 0 Å². The number of nitrogens with one attached hydrogen (secondary N) is 1. The van der Waals surface area contributed by atoms with Crippen molar-refractivity contribution in [3.05, 3.63) is 5.82 Å². The molecule has 0 atom stereocenters. The van der Waals surface area contributed by atoms with Gasteiger partial charge >= 0.3 is 0 Å². The van der Waals surface area contributed by atoms with Crippen molar-refractivity contribution < 1.29 is 0 Å². The predicted octanol–water partition coefficient (Wildman–Crippen LogP) is 1.36. The molecule has 1 N–H and O–H groups in total. The maximum atomic E-state index is 4.15. The monoisotopic (exact) mass is 235 g/mol. The molecule has 2 fully saturated rings. The van der Waals surface area contributed by atoms with Gasteiger partial charge in [0.1, 0.15) is 0 Å². The molecule has 0 amide bonds. The van der Waals surface area contributed by atoms with Crippen LogP contribution in [0.5, 0.6) is 0 Å². The highest BCUT2D eigenvalue weighted by Crippen LogP contribution is 2.62. The molecule has 94 valence electrons. The van der Waals surface area contributed by atoms with Gasteiger partial charge in [0.15, 0.2) is 5.82 Å². The molecule has 1 aromatic heterocycles. The highest BCUT2D eigenvalue weighted by Gasteiger charge is 2.54. The highest BCUT2D eigenvalue weighted by atomic mass is 15.5. The van der Waals surface area contributed by atoms with E-state index in [-0.39, 0.29) is 0 Å². The third-order valence-electron chi connectivity index (χ3n) is 4.07. The van der Waals surface area contributed by atoms with E-state index < -0.39 is 0 Å². The highest BCUT2D eigenvalue weighted by molar-refractivity contribution is 5.04. The van der Waals surface area contributed by atoms with Gasteiger partial charge < -0.3 is 5.32 Å². The maximum absolute atomic E-state index is 4.15. The Hall–Kier alpha value is -0.970. The number of aromatic nitrogens is 4. The van der Waals surface area contributed by atoms with Crippen LogP contribution in [0.2, 0.25) is 0 Å². The zero-order valence-corrected chi connectivity index (χ0v) is 10.7. The summed E-state index contributed by atoms with van der Waals surface area (Å²) in [7, 11) is 0. The fourth-order valence-electron chi connectivity index (χ4n) is 2.62. The fraction of sp³-hybridized carbons (Fsp3) is 0.917.